The molecule has 0 aromatic rings. The van der Waals surface area contributed by atoms with Crippen LogP contribution in [-0.2, 0) is 9.59 Å². The lowest BCUT2D eigenvalue weighted by Gasteiger charge is -2.43. The third-order valence-corrected chi connectivity index (χ3v) is 3.40. The highest BCUT2D eigenvalue weighted by molar-refractivity contribution is 5.97. The van der Waals surface area contributed by atoms with Gasteiger partial charge in [-0.3, -0.25) is 9.59 Å². The van der Waals surface area contributed by atoms with Crippen molar-refractivity contribution < 1.29 is 9.59 Å². The van der Waals surface area contributed by atoms with Crippen LogP contribution < -0.4 is 5.32 Å². The Bertz CT molecular complexity index is 289. The molecule has 1 rings (SSSR count). The normalized spacial score (nSPS) is 26.2. The summed E-state index contributed by atoms with van der Waals surface area (Å²) < 4.78 is 0. The third-order valence-electron chi connectivity index (χ3n) is 3.40. The Balaban J connectivity index is 2.81. The van der Waals surface area contributed by atoms with E-state index in [0.717, 1.165) is 6.42 Å². The second-order valence-electron chi connectivity index (χ2n) is 5.04. The summed E-state index contributed by atoms with van der Waals surface area (Å²) in [6.07, 6.45) is 1.59. The SMILES string of the molecule is CCC1(C)C(=O)NCC(=O)N1CCC(C)C. The van der Waals surface area contributed by atoms with E-state index in [2.05, 4.69) is 19.2 Å². The molecule has 0 spiro atoms. The smallest absolute Gasteiger partial charge is 0.246 e. The van der Waals surface area contributed by atoms with Crippen molar-refractivity contribution in [2.45, 2.75) is 46.1 Å². The molecule has 0 radical (unpaired) electrons. The van der Waals surface area contributed by atoms with Crippen molar-refractivity contribution >= 4 is 11.8 Å². The van der Waals surface area contributed by atoms with E-state index in [0.29, 0.717) is 18.9 Å². The summed E-state index contributed by atoms with van der Waals surface area (Å²) in [7, 11) is 0. The maximum absolute atomic E-state index is 11.8. The molecule has 92 valence electrons. The van der Waals surface area contributed by atoms with Gasteiger partial charge >= 0.3 is 0 Å². The molecule has 0 aromatic heterocycles. The molecule has 1 saturated heterocycles. The largest absolute Gasteiger partial charge is 0.345 e. The van der Waals surface area contributed by atoms with E-state index in [1.807, 2.05) is 13.8 Å². The zero-order chi connectivity index (χ0) is 12.3. The standard InChI is InChI=1S/C12H22N2O2/c1-5-12(4)11(16)13-8-10(15)14(12)7-6-9(2)3/h9H,5-8H2,1-4H3,(H,13,16). The fourth-order valence-corrected chi connectivity index (χ4v) is 1.95. The number of nitrogens with zero attached hydrogens (tertiary/aromatic N) is 1. The lowest BCUT2D eigenvalue weighted by atomic mass is 9.92. The summed E-state index contributed by atoms with van der Waals surface area (Å²) in [4.78, 5) is 25.4. The predicted octanol–water partition coefficient (Wildman–Crippen LogP) is 1.16. The summed E-state index contributed by atoms with van der Waals surface area (Å²) in [5.74, 6) is 0.543. The average molecular weight is 226 g/mol. The number of hydrogen-bond donors (Lipinski definition) is 1. The molecule has 2 amide bonds. The first-order valence-electron chi connectivity index (χ1n) is 6.00. The molecule has 16 heavy (non-hydrogen) atoms. The van der Waals surface area contributed by atoms with Crippen molar-refractivity contribution in [2.24, 2.45) is 5.92 Å². The van der Waals surface area contributed by atoms with Gasteiger partial charge in [0.15, 0.2) is 0 Å². The Hall–Kier alpha value is -1.06. The first kappa shape index (κ1) is 13.0. The lowest BCUT2D eigenvalue weighted by molar-refractivity contribution is -0.153. The van der Waals surface area contributed by atoms with E-state index < -0.39 is 5.54 Å². The van der Waals surface area contributed by atoms with Gasteiger partial charge in [-0.2, -0.15) is 0 Å². The molecular weight excluding hydrogens is 204 g/mol. The third kappa shape index (κ3) is 2.36. The maximum Gasteiger partial charge on any atom is 0.246 e. The van der Waals surface area contributed by atoms with Crippen LogP contribution in [0.1, 0.15) is 40.5 Å². The summed E-state index contributed by atoms with van der Waals surface area (Å²) in [5.41, 5.74) is -0.662. The Morgan fingerprint density at radius 3 is 2.56 bits per heavy atom. The molecule has 1 aliphatic heterocycles. The Labute approximate surface area is 97.4 Å². The second kappa shape index (κ2) is 4.85. The van der Waals surface area contributed by atoms with E-state index in [9.17, 15) is 9.59 Å². The van der Waals surface area contributed by atoms with Gasteiger partial charge in [0.05, 0.1) is 6.54 Å². The van der Waals surface area contributed by atoms with E-state index in [1.54, 1.807) is 4.90 Å². The molecule has 0 saturated carbocycles. The van der Waals surface area contributed by atoms with Crippen LogP contribution >= 0.6 is 0 Å². The lowest BCUT2D eigenvalue weighted by Crippen LogP contribution is -2.65. The maximum atomic E-state index is 11.8. The highest BCUT2D eigenvalue weighted by Crippen LogP contribution is 2.23. The molecule has 0 aliphatic carbocycles. The number of amides is 2. The highest BCUT2D eigenvalue weighted by Gasteiger charge is 2.43. The molecular formula is C12H22N2O2. The van der Waals surface area contributed by atoms with Crippen molar-refractivity contribution in [3.05, 3.63) is 0 Å². The van der Waals surface area contributed by atoms with Gasteiger partial charge in [-0.15, -0.1) is 0 Å². The molecule has 1 unspecified atom stereocenters. The van der Waals surface area contributed by atoms with Crippen molar-refractivity contribution in [2.75, 3.05) is 13.1 Å². The van der Waals surface area contributed by atoms with Gasteiger partial charge in [-0.1, -0.05) is 20.8 Å². The minimum atomic E-state index is -0.662. The molecule has 4 heteroatoms. The van der Waals surface area contributed by atoms with Crippen LogP contribution in [0.3, 0.4) is 0 Å². The number of hydrogen-bond acceptors (Lipinski definition) is 2. The van der Waals surface area contributed by atoms with Gasteiger partial charge < -0.3 is 10.2 Å². The summed E-state index contributed by atoms with van der Waals surface area (Å²) in [5, 5.41) is 2.66. The molecule has 1 aliphatic rings. The first-order chi connectivity index (χ1) is 7.41. The van der Waals surface area contributed by atoms with Crippen molar-refractivity contribution in [1.29, 1.82) is 0 Å². The van der Waals surface area contributed by atoms with Gasteiger partial charge in [0.25, 0.3) is 0 Å². The monoisotopic (exact) mass is 226 g/mol. The van der Waals surface area contributed by atoms with Crippen LogP contribution in [0.2, 0.25) is 0 Å². The highest BCUT2D eigenvalue weighted by atomic mass is 16.2. The zero-order valence-electron chi connectivity index (χ0n) is 10.7. The van der Waals surface area contributed by atoms with Gasteiger partial charge in [0.2, 0.25) is 11.8 Å². The van der Waals surface area contributed by atoms with Crippen LogP contribution in [0.5, 0.6) is 0 Å². The summed E-state index contributed by atoms with van der Waals surface area (Å²) in [6, 6.07) is 0. The topological polar surface area (TPSA) is 49.4 Å². The Morgan fingerprint density at radius 2 is 2.06 bits per heavy atom. The molecule has 1 atom stereocenters. The van der Waals surface area contributed by atoms with Crippen molar-refractivity contribution in [1.82, 2.24) is 10.2 Å². The number of carbonyl (C=O) groups is 2. The van der Waals surface area contributed by atoms with Crippen molar-refractivity contribution in [3.63, 3.8) is 0 Å². The number of piperazine rings is 1. The van der Waals surface area contributed by atoms with E-state index >= 15 is 0 Å². The van der Waals surface area contributed by atoms with E-state index in [4.69, 9.17) is 0 Å². The summed E-state index contributed by atoms with van der Waals surface area (Å²) >= 11 is 0. The van der Waals surface area contributed by atoms with Crippen LogP contribution in [0.4, 0.5) is 0 Å². The molecule has 1 fully saturated rings. The van der Waals surface area contributed by atoms with Crippen LogP contribution in [0.25, 0.3) is 0 Å². The zero-order valence-corrected chi connectivity index (χ0v) is 10.7. The van der Waals surface area contributed by atoms with Crippen LogP contribution in [0.15, 0.2) is 0 Å². The summed E-state index contributed by atoms with van der Waals surface area (Å²) in [6.45, 7) is 8.86. The first-order valence-corrected chi connectivity index (χ1v) is 6.00. The van der Waals surface area contributed by atoms with Gasteiger partial charge in [-0.05, 0) is 25.7 Å². The van der Waals surface area contributed by atoms with Crippen molar-refractivity contribution in [3.8, 4) is 0 Å². The quantitative estimate of drug-likeness (QED) is 0.782. The molecule has 1 heterocycles. The Kier molecular flexibility index (Phi) is 3.94. The van der Waals surface area contributed by atoms with E-state index in [1.165, 1.54) is 0 Å². The van der Waals surface area contributed by atoms with Crippen LogP contribution in [0, 0.1) is 5.92 Å². The number of rotatable bonds is 4. The molecule has 0 bridgehead atoms. The van der Waals surface area contributed by atoms with E-state index in [-0.39, 0.29) is 18.4 Å². The van der Waals surface area contributed by atoms with Gasteiger partial charge in [0, 0.05) is 6.54 Å². The molecule has 1 N–H and O–H groups in total. The van der Waals surface area contributed by atoms with Gasteiger partial charge in [-0.25, -0.2) is 0 Å². The second-order valence-corrected chi connectivity index (χ2v) is 5.04. The van der Waals surface area contributed by atoms with Crippen LogP contribution in [-0.4, -0.2) is 35.3 Å². The fraction of sp³-hybridized carbons (Fsp3) is 0.833. The molecule has 4 nitrogen and oxygen atoms in total. The Morgan fingerprint density at radius 1 is 1.44 bits per heavy atom. The number of nitrogens with one attached hydrogen (secondary N) is 1. The fourth-order valence-electron chi connectivity index (χ4n) is 1.95. The number of carbonyl (C=O) groups excluding carboxylic acids is 2. The molecule has 0 aromatic carbocycles. The minimum Gasteiger partial charge on any atom is -0.345 e. The average Bonchev–Trinajstić information content (AvgIpc) is 2.23. The van der Waals surface area contributed by atoms with Gasteiger partial charge in [0.1, 0.15) is 5.54 Å². The minimum absolute atomic E-state index is 0.0293. The predicted molar refractivity (Wildman–Crippen MR) is 62.9 cm³/mol.